The first-order chi connectivity index (χ1) is 12.9. The second-order valence-corrected chi connectivity index (χ2v) is 8.98. The van der Waals surface area contributed by atoms with Gasteiger partial charge in [0.25, 0.3) is 10.0 Å². The van der Waals surface area contributed by atoms with E-state index in [1.54, 1.807) is 19.2 Å². The predicted octanol–water partition coefficient (Wildman–Crippen LogP) is 4.68. The number of hydrogen-bond donors (Lipinski definition) is 1. The molecule has 4 rings (SSSR count). The standard InChI is InChI=1S/C21H23NO4S/c1-13-4-9-20-17(10-13)18-12-19(14(2)11-21(18)26-20)22-27(23,24)16-7-5-15(25-3)6-8-16/h5-8,11-13,22H,4,9-10H2,1-3H3/t13-/m0/s1. The third kappa shape index (κ3) is 3.30. The number of benzene rings is 2. The lowest BCUT2D eigenvalue weighted by atomic mass is 9.88. The molecule has 1 aliphatic carbocycles. The molecule has 5 nitrogen and oxygen atoms in total. The minimum Gasteiger partial charge on any atom is -0.497 e. The van der Waals surface area contributed by atoms with Gasteiger partial charge in [-0.15, -0.1) is 0 Å². The fourth-order valence-electron chi connectivity index (χ4n) is 3.67. The molecular formula is C21H23NO4S. The Bertz CT molecular complexity index is 1100. The van der Waals surface area contributed by atoms with E-state index in [0.717, 1.165) is 41.6 Å². The van der Waals surface area contributed by atoms with Crippen molar-refractivity contribution >= 4 is 26.7 Å². The smallest absolute Gasteiger partial charge is 0.261 e. The highest BCUT2D eigenvalue weighted by atomic mass is 32.2. The SMILES string of the molecule is COc1ccc(S(=O)(=O)Nc2cc3c4c(oc3cc2C)CC[C@H](C)C4)cc1. The Kier molecular flexibility index (Phi) is 4.38. The zero-order valence-electron chi connectivity index (χ0n) is 15.7. The van der Waals surface area contributed by atoms with Gasteiger partial charge >= 0.3 is 0 Å². The largest absolute Gasteiger partial charge is 0.497 e. The molecule has 0 aliphatic heterocycles. The summed E-state index contributed by atoms with van der Waals surface area (Å²) in [6, 6.07) is 10.2. The second kappa shape index (κ2) is 6.60. The molecule has 0 bridgehead atoms. The van der Waals surface area contributed by atoms with Gasteiger partial charge < -0.3 is 9.15 Å². The molecule has 0 saturated carbocycles. The number of furan rings is 1. The Morgan fingerprint density at radius 1 is 1.19 bits per heavy atom. The number of anilines is 1. The van der Waals surface area contributed by atoms with Crippen LogP contribution in [-0.2, 0) is 22.9 Å². The first kappa shape index (κ1) is 17.9. The summed E-state index contributed by atoms with van der Waals surface area (Å²) in [5.41, 5.74) is 3.46. The summed E-state index contributed by atoms with van der Waals surface area (Å²) in [5, 5.41) is 1.01. The van der Waals surface area contributed by atoms with Crippen molar-refractivity contribution in [2.45, 2.75) is 38.0 Å². The van der Waals surface area contributed by atoms with Crippen LogP contribution >= 0.6 is 0 Å². The number of rotatable bonds is 4. The van der Waals surface area contributed by atoms with E-state index in [4.69, 9.17) is 9.15 Å². The Morgan fingerprint density at radius 3 is 2.63 bits per heavy atom. The van der Waals surface area contributed by atoms with Crippen LogP contribution < -0.4 is 9.46 Å². The number of hydrogen-bond acceptors (Lipinski definition) is 4. The lowest BCUT2D eigenvalue weighted by Crippen LogP contribution is -2.14. The van der Waals surface area contributed by atoms with E-state index in [2.05, 4.69) is 11.6 Å². The molecule has 1 aromatic heterocycles. The molecule has 1 N–H and O–H groups in total. The van der Waals surface area contributed by atoms with Gasteiger partial charge in [0, 0.05) is 17.4 Å². The molecule has 3 aromatic rings. The third-order valence-electron chi connectivity index (χ3n) is 5.25. The van der Waals surface area contributed by atoms with Crippen LogP contribution in [0.5, 0.6) is 5.75 Å². The fourth-order valence-corrected chi connectivity index (χ4v) is 4.79. The van der Waals surface area contributed by atoms with Crippen molar-refractivity contribution in [3.8, 4) is 5.75 Å². The van der Waals surface area contributed by atoms with Crippen LogP contribution in [0.4, 0.5) is 5.69 Å². The lowest BCUT2D eigenvalue weighted by molar-refractivity contribution is 0.414. The summed E-state index contributed by atoms with van der Waals surface area (Å²) >= 11 is 0. The van der Waals surface area contributed by atoms with Gasteiger partial charge in [-0.3, -0.25) is 4.72 Å². The molecule has 0 unspecified atom stereocenters. The number of sulfonamides is 1. The quantitative estimate of drug-likeness (QED) is 0.708. The topological polar surface area (TPSA) is 68.5 Å². The van der Waals surface area contributed by atoms with Gasteiger partial charge in [-0.1, -0.05) is 6.92 Å². The second-order valence-electron chi connectivity index (χ2n) is 7.30. The van der Waals surface area contributed by atoms with Crippen LogP contribution in [0.2, 0.25) is 0 Å². The van der Waals surface area contributed by atoms with Gasteiger partial charge in [-0.25, -0.2) is 8.42 Å². The molecule has 6 heteroatoms. The van der Waals surface area contributed by atoms with E-state index >= 15 is 0 Å². The highest BCUT2D eigenvalue weighted by Crippen LogP contribution is 2.37. The average Bonchev–Trinajstić information content (AvgIpc) is 2.98. The van der Waals surface area contributed by atoms with Crippen LogP contribution in [0.15, 0.2) is 45.7 Å². The molecule has 1 aliphatic rings. The molecule has 0 radical (unpaired) electrons. The maximum atomic E-state index is 12.8. The fraction of sp³-hybridized carbons (Fsp3) is 0.333. The first-order valence-electron chi connectivity index (χ1n) is 9.09. The van der Waals surface area contributed by atoms with Gasteiger partial charge in [-0.2, -0.15) is 0 Å². The molecular weight excluding hydrogens is 362 g/mol. The third-order valence-corrected chi connectivity index (χ3v) is 6.63. The summed E-state index contributed by atoms with van der Waals surface area (Å²) in [5.74, 6) is 2.27. The summed E-state index contributed by atoms with van der Waals surface area (Å²) < 4.78 is 39.4. The zero-order valence-corrected chi connectivity index (χ0v) is 16.5. The minimum absolute atomic E-state index is 0.200. The zero-order chi connectivity index (χ0) is 19.2. The van der Waals surface area contributed by atoms with Crippen LogP contribution in [0.1, 0.15) is 30.2 Å². The van der Waals surface area contributed by atoms with E-state index < -0.39 is 10.0 Å². The van der Waals surface area contributed by atoms with Crippen LogP contribution in [0.3, 0.4) is 0 Å². The van der Waals surface area contributed by atoms with Crippen molar-refractivity contribution in [2.75, 3.05) is 11.8 Å². The summed E-state index contributed by atoms with van der Waals surface area (Å²) in [4.78, 5) is 0.200. The number of fused-ring (bicyclic) bond motifs is 3. The van der Waals surface area contributed by atoms with Crippen molar-refractivity contribution in [2.24, 2.45) is 5.92 Å². The van der Waals surface area contributed by atoms with E-state index in [9.17, 15) is 8.42 Å². The molecule has 1 atom stereocenters. The van der Waals surface area contributed by atoms with E-state index in [-0.39, 0.29) is 4.90 Å². The molecule has 0 spiro atoms. The summed E-state index contributed by atoms with van der Waals surface area (Å²) in [6.07, 6.45) is 3.04. The summed E-state index contributed by atoms with van der Waals surface area (Å²) in [6.45, 7) is 4.12. The molecule has 0 fully saturated rings. The molecule has 142 valence electrons. The van der Waals surface area contributed by atoms with Gasteiger partial charge in [0.15, 0.2) is 0 Å². The number of nitrogens with one attached hydrogen (secondary N) is 1. The van der Waals surface area contributed by atoms with E-state index in [1.165, 1.54) is 17.7 Å². The van der Waals surface area contributed by atoms with Gasteiger partial charge in [0.2, 0.25) is 0 Å². The van der Waals surface area contributed by atoms with Crippen molar-refractivity contribution in [1.82, 2.24) is 0 Å². The number of methoxy groups -OCH3 is 1. The van der Waals surface area contributed by atoms with Crippen LogP contribution in [0.25, 0.3) is 11.0 Å². The van der Waals surface area contributed by atoms with Crippen molar-refractivity contribution in [3.05, 3.63) is 53.3 Å². The average molecular weight is 385 g/mol. The van der Waals surface area contributed by atoms with Gasteiger partial charge in [0.1, 0.15) is 17.1 Å². The highest BCUT2D eigenvalue weighted by Gasteiger charge is 2.23. The minimum atomic E-state index is -3.68. The van der Waals surface area contributed by atoms with Crippen LogP contribution in [-0.4, -0.2) is 15.5 Å². The number of aryl methyl sites for hydroxylation is 2. The molecule has 2 aromatic carbocycles. The first-order valence-corrected chi connectivity index (χ1v) is 10.6. The van der Waals surface area contributed by atoms with E-state index in [0.29, 0.717) is 17.4 Å². The Balaban J connectivity index is 1.72. The molecule has 0 saturated heterocycles. The lowest BCUT2D eigenvalue weighted by Gasteiger charge is -2.17. The Labute approximate surface area is 159 Å². The number of ether oxygens (including phenoxy) is 1. The monoisotopic (exact) mass is 385 g/mol. The molecule has 0 amide bonds. The normalized spacial score (nSPS) is 16.9. The Morgan fingerprint density at radius 2 is 1.93 bits per heavy atom. The van der Waals surface area contributed by atoms with Gasteiger partial charge in [-0.05, 0) is 67.6 Å². The Hall–Kier alpha value is -2.47. The maximum absolute atomic E-state index is 12.8. The van der Waals surface area contributed by atoms with Gasteiger partial charge in [0.05, 0.1) is 17.7 Å². The van der Waals surface area contributed by atoms with Crippen LogP contribution in [0, 0.1) is 12.8 Å². The van der Waals surface area contributed by atoms with Crippen molar-refractivity contribution in [3.63, 3.8) is 0 Å². The molecule has 1 heterocycles. The van der Waals surface area contributed by atoms with Crippen molar-refractivity contribution < 1.29 is 17.6 Å². The summed E-state index contributed by atoms with van der Waals surface area (Å²) in [7, 11) is -2.13. The molecule has 27 heavy (non-hydrogen) atoms. The van der Waals surface area contributed by atoms with E-state index in [1.807, 2.05) is 19.1 Å². The maximum Gasteiger partial charge on any atom is 0.261 e. The highest BCUT2D eigenvalue weighted by molar-refractivity contribution is 7.92. The predicted molar refractivity (Wildman–Crippen MR) is 106 cm³/mol. The van der Waals surface area contributed by atoms with Crippen molar-refractivity contribution in [1.29, 1.82) is 0 Å².